The first-order valence-electron chi connectivity index (χ1n) is 7.63. The van der Waals surface area contributed by atoms with E-state index in [0.717, 1.165) is 37.9 Å². The van der Waals surface area contributed by atoms with E-state index in [1.165, 1.54) is 0 Å². The Morgan fingerprint density at radius 3 is 2.62 bits per heavy atom. The van der Waals surface area contributed by atoms with Crippen molar-refractivity contribution in [2.75, 3.05) is 18.4 Å². The molecular formula is C16H23N3O2. The van der Waals surface area contributed by atoms with E-state index >= 15 is 0 Å². The summed E-state index contributed by atoms with van der Waals surface area (Å²) in [6.45, 7) is 3.58. The highest BCUT2D eigenvalue weighted by atomic mass is 16.2. The monoisotopic (exact) mass is 289 g/mol. The zero-order valence-electron chi connectivity index (χ0n) is 12.4. The van der Waals surface area contributed by atoms with Gasteiger partial charge in [-0.1, -0.05) is 13.3 Å². The molecule has 5 heteroatoms. The van der Waals surface area contributed by atoms with Crippen LogP contribution in [0.2, 0.25) is 0 Å². The molecule has 0 aromatic heterocycles. The van der Waals surface area contributed by atoms with Crippen molar-refractivity contribution in [2.24, 2.45) is 0 Å². The highest BCUT2D eigenvalue weighted by molar-refractivity contribution is 5.97. The van der Waals surface area contributed by atoms with Gasteiger partial charge in [0.15, 0.2) is 0 Å². The van der Waals surface area contributed by atoms with Gasteiger partial charge in [-0.25, -0.2) is 0 Å². The lowest BCUT2D eigenvalue weighted by atomic mass is 10.0. The molecule has 0 aliphatic carbocycles. The van der Waals surface area contributed by atoms with Crippen molar-refractivity contribution in [1.29, 1.82) is 0 Å². The highest BCUT2D eigenvalue weighted by Crippen LogP contribution is 2.13. The zero-order valence-corrected chi connectivity index (χ0v) is 12.4. The fourth-order valence-electron chi connectivity index (χ4n) is 2.35. The van der Waals surface area contributed by atoms with Crippen LogP contribution in [-0.4, -0.2) is 30.9 Å². The number of piperidine rings is 1. The lowest BCUT2D eigenvalue weighted by molar-refractivity contribution is -0.118. The van der Waals surface area contributed by atoms with Crippen molar-refractivity contribution >= 4 is 17.5 Å². The van der Waals surface area contributed by atoms with Crippen LogP contribution < -0.4 is 16.0 Å². The van der Waals surface area contributed by atoms with Gasteiger partial charge < -0.3 is 16.0 Å². The van der Waals surface area contributed by atoms with Crippen LogP contribution in [0.3, 0.4) is 0 Å². The van der Waals surface area contributed by atoms with Gasteiger partial charge in [-0.2, -0.15) is 0 Å². The van der Waals surface area contributed by atoms with Crippen molar-refractivity contribution in [3.05, 3.63) is 29.8 Å². The second-order valence-corrected chi connectivity index (χ2v) is 5.32. The summed E-state index contributed by atoms with van der Waals surface area (Å²) in [7, 11) is 0. The van der Waals surface area contributed by atoms with Crippen LogP contribution in [0.15, 0.2) is 24.3 Å². The molecule has 5 nitrogen and oxygen atoms in total. The molecule has 1 heterocycles. The zero-order chi connectivity index (χ0) is 15.1. The van der Waals surface area contributed by atoms with Gasteiger partial charge in [-0.3, -0.25) is 9.59 Å². The summed E-state index contributed by atoms with van der Waals surface area (Å²) < 4.78 is 0. The Hall–Kier alpha value is -1.88. The number of carbonyl (C=O) groups excluding carboxylic acids is 2. The number of rotatable bonds is 5. The second-order valence-electron chi connectivity index (χ2n) is 5.32. The maximum absolute atomic E-state index is 12.1. The largest absolute Gasteiger partial charge is 0.352 e. The van der Waals surface area contributed by atoms with Crippen LogP contribution in [0.5, 0.6) is 0 Å². The Labute approximate surface area is 125 Å². The average Bonchev–Trinajstić information content (AvgIpc) is 2.54. The molecule has 1 aromatic carbocycles. The quantitative estimate of drug-likeness (QED) is 0.775. The Morgan fingerprint density at radius 1 is 1.24 bits per heavy atom. The van der Waals surface area contributed by atoms with Crippen LogP contribution in [0.1, 0.15) is 43.0 Å². The third-order valence-electron chi connectivity index (χ3n) is 3.58. The minimum absolute atomic E-state index is 0.00196. The molecule has 0 radical (unpaired) electrons. The van der Waals surface area contributed by atoms with E-state index in [0.29, 0.717) is 12.1 Å². The van der Waals surface area contributed by atoms with E-state index < -0.39 is 0 Å². The predicted octanol–water partition coefficient (Wildman–Crippen LogP) is 1.91. The fourth-order valence-corrected chi connectivity index (χ4v) is 2.35. The molecule has 1 fully saturated rings. The number of carbonyl (C=O) groups is 2. The number of anilines is 1. The summed E-state index contributed by atoms with van der Waals surface area (Å²) >= 11 is 0. The predicted molar refractivity (Wildman–Crippen MR) is 83.3 cm³/mol. The Balaban J connectivity index is 1.89. The lowest BCUT2D eigenvalue weighted by Gasteiger charge is -2.22. The molecule has 0 bridgehead atoms. The minimum atomic E-state index is -0.105. The molecule has 1 aliphatic heterocycles. The summed E-state index contributed by atoms with van der Waals surface area (Å²) in [5.74, 6) is -0.0819. The number of nitrogens with one attached hydrogen (secondary N) is 3. The summed E-state index contributed by atoms with van der Waals surface area (Å²) in [5, 5.41) is 8.93. The topological polar surface area (TPSA) is 70.2 Å². The van der Waals surface area contributed by atoms with E-state index in [2.05, 4.69) is 16.0 Å². The van der Waals surface area contributed by atoms with E-state index in [1.54, 1.807) is 24.3 Å². The third-order valence-corrected chi connectivity index (χ3v) is 3.58. The second kappa shape index (κ2) is 7.78. The maximum atomic E-state index is 12.1. The number of hydrogen-bond donors (Lipinski definition) is 3. The van der Waals surface area contributed by atoms with Crippen molar-refractivity contribution in [3.8, 4) is 0 Å². The summed E-state index contributed by atoms with van der Waals surface area (Å²) in [4.78, 5) is 23.9. The molecule has 2 rings (SSSR count). The first-order chi connectivity index (χ1) is 10.2. The van der Waals surface area contributed by atoms with Crippen LogP contribution in [-0.2, 0) is 4.79 Å². The summed E-state index contributed by atoms with van der Waals surface area (Å²) in [5.41, 5.74) is 1.33. The Morgan fingerprint density at radius 2 is 2.00 bits per heavy atom. The summed E-state index contributed by atoms with van der Waals surface area (Å²) in [6, 6.07) is 6.89. The molecule has 1 atom stereocenters. The molecule has 1 saturated heterocycles. The first-order valence-corrected chi connectivity index (χ1v) is 7.63. The molecule has 1 unspecified atom stereocenters. The van der Waals surface area contributed by atoms with Gasteiger partial charge in [0.2, 0.25) is 5.91 Å². The standard InChI is InChI=1S/C16H23N3O2/c1-2-10-18-15(20)12-6-8-13(9-7-12)19-16(21)14-5-3-4-11-17-14/h6-9,14,17H,2-5,10-11H2,1H3,(H,18,20)(H,19,21). The maximum Gasteiger partial charge on any atom is 0.251 e. The molecule has 2 amide bonds. The van der Waals surface area contributed by atoms with Gasteiger partial charge in [0.05, 0.1) is 6.04 Å². The van der Waals surface area contributed by atoms with Gasteiger partial charge in [-0.15, -0.1) is 0 Å². The molecule has 0 saturated carbocycles. The number of amides is 2. The van der Waals surface area contributed by atoms with Crippen molar-refractivity contribution in [3.63, 3.8) is 0 Å². The minimum Gasteiger partial charge on any atom is -0.352 e. The van der Waals surface area contributed by atoms with Gasteiger partial charge >= 0.3 is 0 Å². The van der Waals surface area contributed by atoms with E-state index in [1.807, 2.05) is 6.92 Å². The first kappa shape index (κ1) is 15.5. The summed E-state index contributed by atoms with van der Waals surface area (Å²) in [6.07, 6.45) is 4.00. The van der Waals surface area contributed by atoms with Gasteiger partial charge in [0.1, 0.15) is 0 Å². The smallest absolute Gasteiger partial charge is 0.251 e. The van der Waals surface area contributed by atoms with E-state index in [9.17, 15) is 9.59 Å². The Kier molecular flexibility index (Phi) is 5.75. The van der Waals surface area contributed by atoms with Crippen molar-refractivity contribution < 1.29 is 9.59 Å². The van der Waals surface area contributed by atoms with Crippen molar-refractivity contribution in [2.45, 2.75) is 38.6 Å². The van der Waals surface area contributed by atoms with Gasteiger partial charge in [0.25, 0.3) is 5.91 Å². The number of benzene rings is 1. The molecule has 1 aromatic rings. The molecule has 3 N–H and O–H groups in total. The molecule has 1 aliphatic rings. The van der Waals surface area contributed by atoms with E-state index in [4.69, 9.17) is 0 Å². The van der Waals surface area contributed by atoms with Gasteiger partial charge in [0, 0.05) is 17.8 Å². The average molecular weight is 289 g/mol. The Bertz CT molecular complexity index is 479. The third kappa shape index (κ3) is 4.56. The molecule has 114 valence electrons. The molecular weight excluding hydrogens is 266 g/mol. The van der Waals surface area contributed by atoms with Crippen LogP contribution >= 0.6 is 0 Å². The molecule has 0 spiro atoms. The normalized spacial score (nSPS) is 18.0. The van der Waals surface area contributed by atoms with Crippen LogP contribution in [0, 0.1) is 0 Å². The van der Waals surface area contributed by atoms with Crippen LogP contribution in [0.25, 0.3) is 0 Å². The lowest BCUT2D eigenvalue weighted by Crippen LogP contribution is -2.43. The highest BCUT2D eigenvalue weighted by Gasteiger charge is 2.20. The SMILES string of the molecule is CCCNC(=O)c1ccc(NC(=O)C2CCCCN2)cc1. The van der Waals surface area contributed by atoms with Gasteiger partial charge in [-0.05, 0) is 50.1 Å². The van der Waals surface area contributed by atoms with Crippen LogP contribution in [0.4, 0.5) is 5.69 Å². The van der Waals surface area contributed by atoms with E-state index in [-0.39, 0.29) is 17.9 Å². The number of hydrogen-bond acceptors (Lipinski definition) is 3. The van der Waals surface area contributed by atoms with Crippen molar-refractivity contribution in [1.82, 2.24) is 10.6 Å². The molecule has 21 heavy (non-hydrogen) atoms. The fraction of sp³-hybridized carbons (Fsp3) is 0.500.